The second kappa shape index (κ2) is 9.82. The fourth-order valence-corrected chi connectivity index (χ4v) is 5.52. The highest BCUT2D eigenvalue weighted by Crippen LogP contribution is 2.38. The number of likely N-dealkylation sites (tertiary alicyclic amines) is 1. The van der Waals surface area contributed by atoms with Crippen molar-refractivity contribution in [3.8, 4) is 0 Å². The second-order valence-electron chi connectivity index (χ2n) is 7.91. The van der Waals surface area contributed by atoms with Crippen molar-refractivity contribution in [3.63, 3.8) is 0 Å². The highest BCUT2D eigenvalue weighted by molar-refractivity contribution is 7.19. The van der Waals surface area contributed by atoms with Crippen LogP contribution in [0.5, 0.6) is 0 Å². The molecular weight excluding hydrogens is 386 g/mol. The van der Waals surface area contributed by atoms with E-state index >= 15 is 0 Å². The summed E-state index contributed by atoms with van der Waals surface area (Å²) >= 11 is 1.81. The van der Waals surface area contributed by atoms with Crippen LogP contribution in [0, 0.1) is 0 Å². The summed E-state index contributed by atoms with van der Waals surface area (Å²) in [7, 11) is 1.63. The van der Waals surface area contributed by atoms with Gasteiger partial charge in [0, 0.05) is 18.5 Å². The molecule has 4 rings (SSSR count). The minimum atomic E-state index is -0.0458. The van der Waals surface area contributed by atoms with Crippen molar-refractivity contribution < 1.29 is 9.53 Å². The number of nitrogens with one attached hydrogen (secondary N) is 2. The summed E-state index contributed by atoms with van der Waals surface area (Å²) in [6, 6.07) is 0. The minimum absolute atomic E-state index is 0.0458. The largest absolute Gasteiger partial charge is 0.383 e. The number of methoxy groups -OCH3 is 1. The predicted molar refractivity (Wildman–Crippen MR) is 117 cm³/mol. The Balaban J connectivity index is 1.56. The van der Waals surface area contributed by atoms with E-state index in [1.165, 1.54) is 42.5 Å². The van der Waals surface area contributed by atoms with Gasteiger partial charge < -0.3 is 15.4 Å². The summed E-state index contributed by atoms with van der Waals surface area (Å²) in [6.45, 7) is 4.27. The SMILES string of the molecule is COCCNC(=O)CNc1nc(CN2CCCCC2)nc2sc3c(c12)CCCC3. The maximum absolute atomic E-state index is 12.2. The molecule has 1 aliphatic heterocycles. The van der Waals surface area contributed by atoms with E-state index in [4.69, 9.17) is 14.7 Å². The molecule has 7 nitrogen and oxygen atoms in total. The lowest BCUT2D eigenvalue weighted by molar-refractivity contribution is -0.119. The van der Waals surface area contributed by atoms with Gasteiger partial charge in [-0.2, -0.15) is 0 Å². The lowest BCUT2D eigenvalue weighted by atomic mass is 9.97. The van der Waals surface area contributed by atoms with E-state index in [1.54, 1.807) is 7.11 Å². The van der Waals surface area contributed by atoms with Crippen LogP contribution < -0.4 is 10.6 Å². The normalized spacial score (nSPS) is 17.3. The number of carbonyl (C=O) groups excluding carboxylic acids is 1. The van der Waals surface area contributed by atoms with Crippen LogP contribution in [0.15, 0.2) is 0 Å². The fraction of sp³-hybridized carbons (Fsp3) is 0.667. The molecule has 0 aromatic carbocycles. The van der Waals surface area contributed by atoms with Crippen molar-refractivity contribution in [2.45, 2.75) is 51.5 Å². The molecule has 3 heterocycles. The van der Waals surface area contributed by atoms with Crippen LogP contribution in [0.4, 0.5) is 5.82 Å². The summed E-state index contributed by atoms with van der Waals surface area (Å²) in [5, 5.41) is 7.31. The van der Waals surface area contributed by atoms with Crippen LogP contribution >= 0.6 is 11.3 Å². The van der Waals surface area contributed by atoms with Crippen LogP contribution in [-0.2, 0) is 28.9 Å². The van der Waals surface area contributed by atoms with Crippen molar-refractivity contribution in [1.29, 1.82) is 0 Å². The van der Waals surface area contributed by atoms with Crippen molar-refractivity contribution in [3.05, 3.63) is 16.3 Å². The van der Waals surface area contributed by atoms with Gasteiger partial charge in [0.1, 0.15) is 16.5 Å². The summed E-state index contributed by atoms with van der Waals surface area (Å²) in [5.74, 6) is 1.64. The molecule has 2 aromatic rings. The molecule has 0 saturated carbocycles. The first-order valence-electron chi connectivity index (χ1n) is 10.8. The van der Waals surface area contributed by atoms with Gasteiger partial charge in [0.05, 0.1) is 25.1 Å². The number of fused-ring (bicyclic) bond motifs is 3. The zero-order valence-corrected chi connectivity index (χ0v) is 18.1. The molecule has 29 heavy (non-hydrogen) atoms. The van der Waals surface area contributed by atoms with Gasteiger partial charge in [0.25, 0.3) is 0 Å². The second-order valence-corrected chi connectivity index (χ2v) is 9.00. The molecule has 0 atom stereocenters. The van der Waals surface area contributed by atoms with Gasteiger partial charge in [-0.25, -0.2) is 9.97 Å². The zero-order valence-electron chi connectivity index (χ0n) is 17.3. The van der Waals surface area contributed by atoms with Crippen LogP contribution in [0.25, 0.3) is 10.2 Å². The molecule has 158 valence electrons. The Morgan fingerprint density at radius 1 is 1.14 bits per heavy atom. The molecule has 2 aliphatic rings. The van der Waals surface area contributed by atoms with Gasteiger partial charge >= 0.3 is 0 Å². The molecule has 0 spiro atoms. The summed E-state index contributed by atoms with van der Waals surface area (Å²) < 4.78 is 4.99. The number of hydrogen-bond acceptors (Lipinski definition) is 7. The lowest BCUT2D eigenvalue weighted by Crippen LogP contribution is -2.32. The summed E-state index contributed by atoms with van der Waals surface area (Å²) in [4.78, 5) is 27.0. The highest BCUT2D eigenvalue weighted by atomic mass is 32.1. The molecule has 1 aliphatic carbocycles. The maximum atomic E-state index is 12.2. The van der Waals surface area contributed by atoms with Crippen LogP contribution in [0.2, 0.25) is 0 Å². The number of hydrogen-bond donors (Lipinski definition) is 2. The zero-order chi connectivity index (χ0) is 20.1. The highest BCUT2D eigenvalue weighted by Gasteiger charge is 2.22. The first-order chi connectivity index (χ1) is 14.2. The average Bonchev–Trinajstić information content (AvgIpc) is 3.11. The number of ether oxygens (including phenoxy) is 1. The Labute approximate surface area is 176 Å². The lowest BCUT2D eigenvalue weighted by Gasteiger charge is -2.25. The van der Waals surface area contributed by atoms with E-state index < -0.39 is 0 Å². The number of amides is 1. The van der Waals surface area contributed by atoms with Gasteiger partial charge in [0.2, 0.25) is 5.91 Å². The number of aryl methyl sites for hydroxylation is 2. The van der Waals surface area contributed by atoms with Gasteiger partial charge in [-0.05, 0) is 57.2 Å². The third kappa shape index (κ3) is 5.05. The van der Waals surface area contributed by atoms with Crippen molar-refractivity contribution in [1.82, 2.24) is 20.2 Å². The Morgan fingerprint density at radius 3 is 2.79 bits per heavy atom. The molecule has 1 saturated heterocycles. The average molecular weight is 418 g/mol. The number of thiophene rings is 1. The molecule has 0 radical (unpaired) electrons. The molecule has 2 aromatic heterocycles. The Hall–Kier alpha value is -1.77. The minimum Gasteiger partial charge on any atom is -0.383 e. The third-order valence-corrected chi connectivity index (χ3v) is 6.91. The van der Waals surface area contributed by atoms with E-state index in [0.29, 0.717) is 13.2 Å². The Morgan fingerprint density at radius 2 is 1.97 bits per heavy atom. The summed E-state index contributed by atoms with van der Waals surface area (Å²) in [5.41, 5.74) is 1.39. The quantitative estimate of drug-likeness (QED) is 0.643. The standard InChI is InChI=1S/C21H31N5O2S/c1-28-12-9-22-18(27)13-23-20-19-15-7-3-4-8-16(15)29-21(19)25-17(24-20)14-26-10-5-2-6-11-26/h2-14H2,1H3,(H,22,27)(H,23,24,25). The first kappa shape index (κ1) is 20.5. The third-order valence-electron chi connectivity index (χ3n) is 5.72. The van der Waals surface area contributed by atoms with Crippen LogP contribution in [0.1, 0.15) is 48.4 Å². The predicted octanol–water partition coefficient (Wildman–Crippen LogP) is 2.73. The molecule has 1 fully saturated rings. The molecule has 8 heteroatoms. The number of piperidine rings is 1. The van der Waals surface area contributed by atoms with Crippen molar-refractivity contribution in [2.24, 2.45) is 0 Å². The molecule has 0 bridgehead atoms. The number of rotatable bonds is 8. The maximum Gasteiger partial charge on any atom is 0.239 e. The Bertz CT molecular complexity index is 847. The van der Waals surface area contributed by atoms with Crippen LogP contribution in [-0.4, -0.2) is 60.7 Å². The van der Waals surface area contributed by atoms with Crippen molar-refractivity contribution in [2.75, 3.05) is 45.2 Å². The monoisotopic (exact) mass is 417 g/mol. The van der Waals surface area contributed by atoms with E-state index in [1.807, 2.05) is 11.3 Å². The van der Waals surface area contributed by atoms with E-state index in [0.717, 1.165) is 54.3 Å². The first-order valence-corrected chi connectivity index (χ1v) is 11.6. The van der Waals surface area contributed by atoms with E-state index in [9.17, 15) is 4.79 Å². The van der Waals surface area contributed by atoms with Gasteiger partial charge in [0.15, 0.2) is 0 Å². The fourth-order valence-electron chi connectivity index (χ4n) is 4.24. The van der Waals surface area contributed by atoms with E-state index in [2.05, 4.69) is 15.5 Å². The van der Waals surface area contributed by atoms with Crippen molar-refractivity contribution >= 4 is 33.3 Å². The number of carbonyl (C=O) groups is 1. The number of nitrogens with zero attached hydrogens (tertiary/aromatic N) is 3. The molecule has 0 unspecified atom stereocenters. The van der Waals surface area contributed by atoms with Gasteiger partial charge in [-0.3, -0.25) is 9.69 Å². The smallest absolute Gasteiger partial charge is 0.239 e. The number of anilines is 1. The van der Waals surface area contributed by atoms with Crippen LogP contribution in [0.3, 0.4) is 0 Å². The number of aromatic nitrogens is 2. The van der Waals surface area contributed by atoms with Gasteiger partial charge in [-0.1, -0.05) is 6.42 Å². The van der Waals surface area contributed by atoms with E-state index in [-0.39, 0.29) is 12.5 Å². The van der Waals surface area contributed by atoms with Gasteiger partial charge in [-0.15, -0.1) is 11.3 Å². The topological polar surface area (TPSA) is 79.4 Å². The molecular formula is C21H31N5O2S. The Kier molecular flexibility index (Phi) is 6.94. The molecule has 1 amide bonds. The summed E-state index contributed by atoms with van der Waals surface area (Å²) in [6.07, 6.45) is 8.50. The molecule has 2 N–H and O–H groups in total.